The van der Waals surface area contributed by atoms with Crippen molar-refractivity contribution in [3.63, 3.8) is 0 Å². The van der Waals surface area contributed by atoms with Gasteiger partial charge >= 0.3 is 0 Å². The summed E-state index contributed by atoms with van der Waals surface area (Å²) in [5.41, 5.74) is 0.957. The molecule has 0 saturated heterocycles. The van der Waals surface area contributed by atoms with Gasteiger partial charge in [0.05, 0.1) is 21.3 Å². The Hall–Kier alpha value is -1.33. The third-order valence-corrected chi connectivity index (χ3v) is 3.83. The quantitative estimate of drug-likeness (QED) is 0.664. The van der Waals surface area contributed by atoms with Crippen LogP contribution in [0.5, 0.6) is 17.2 Å². The van der Waals surface area contributed by atoms with Crippen LogP contribution in [-0.2, 0) is 11.2 Å². The summed E-state index contributed by atoms with van der Waals surface area (Å²) < 4.78 is 16.0. The van der Waals surface area contributed by atoms with Crippen LogP contribution in [0, 0.1) is 0 Å². The SMILES string of the molecule is COc1cc(CCN(C(=O)C(Cl)Cl)C(C)C)cc(OC)c1OC. The van der Waals surface area contributed by atoms with Crippen molar-refractivity contribution in [1.82, 2.24) is 4.90 Å². The van der Waals surface area contributed by atoms with Gasteiger partial charge in [-0.2, -0.15) is 0 Å². The van der Waals surface area contributed by atoms with Crippen LogP contribution in [0.4, 0.5) is 0 Å². The molecular formula is C16H23Cl2NO4. The van der Waals surface area contributed by atoms with Crippen LogP contribution in [0.3, 0.4) is 0 Å². The second kappa shape index (κ2) is 9.08. The summed E-state index contributed by atoms with van der Waals surface area (Å²) in [4.78, 5) is 12.6. The molecule has 0 aliphatic carbocycles. The highest BCUT2D eigenvalue weighted by atomic mass is 35.5. The van der Waals surface area contributed by atoms with Gasteiger partial charge in [0, 0.05) is 12.6 Å². The molecule has 0 N–H and O–H groups in total. The Morgan fingerprint density at radius 2 is 1.61 bits per heavy atom. The number of hydrogen-bond donors (Lipinski definition) is 0. The normalized spacial score (nSPS) is 10.8. The lowest BCUT2D eigenvalue weighted by Crippen LogP contribution is -2.41. The first-order valence-electron chi connectivity index (χ1n) is 7.23. The maximum atomic E-state index is 12.0. The standard InChI is InChI=1S/C16H23Cl2NO4/c1-10(2)19(16(20)15(17)18)7-6-11-8-12(21-3)14(23-5)13(9-11)22-4/h8-10,15H,6-7H2,1-5H3. The molecule has 1 aromatic rings. The van der Waals surface area contributed by atoms with E-state index in [4.69, 9.17) is 37.4 Å². The number of amides is 1. The van der Waals surface area contributed by atoms with E-state index in [1.54, 1.807) is 26.2 Å². The fourth-order valence-electron chi connectivity index (χ4n) is 2.28. The highest BCUT2D eigenvalue weighted by Crippen LogP contribution is 2.38. The second-order valence-corrected chi connectivity index (χ2v) is 6.31. The number of carbonyl (C=O) groups is 1. The summed E-state index contributed by atoms with van der Waals surface area (Å²) in [5.74, 6) is 1.40. The van der Waals surface area contributed by atoms with Crippen LogP contribution in [0.25, 0.3) is 0 Å². The fraction of sp³-hybridized carbons (Fsp3) is 0.562. The third kappa shape index (κ3) is 5.08. The van der Waals surface area contributed by atoms with Crippen LogP contribution < -0.4 is 14.2 Å². The number of ether oxygens (including phenoxy) is 3. The van der Waals surface area contributed by atoms with Crippen molar-refractivity contribution in [1.29, 1.82) is 0 Å². The van der Waals surface area contributed by atoms with Crippen molar-refractivity contribution in [2.24, 2.45) is 0 Å². The molecular weight excluding hydrogens is 341 g/mol. The van der Waals surface area contributed by atoms with Crippen LogP contribution in [0.1, 0.15) is 19.4 Å². The smallest absolute Gasteiger partial charge is 0.256 e. The Bertz CT molecular complexity index is 510. The van der Waals surface area contributed by atoms with Gasteiger partial charge in [-0.15, -0.1) is 0 Å². The zero-order chi connectivity index (χ0) is 17.6. The van der Waals surface area contributed by atoms with Gasteiger partial charge in [-0.25, -0.2) is 0 Å². The van der Waals surface area contributed by atoms with E-state index in [1.165, 1.54) is 0 Å². The molecule has 1 amide bonds. The largest absolute Gasteiger partial charge is 0.493 e. The molecule has 0 atom stereocenters. The molecule has 0 radical (unpaired) electrons. The fourth-order valence-corrected chi connectivity index (χ4v) is 2.53. The van der Waals surface area contributed by atoms with Crippen LogP contribution in [0.15, 0.2) is 12.1 Å². The minimum atomic E-state index is -1.06. The lowest BCUT2D eigenvalue weighted by molar-refractivity contribution is -0.130. The molecule has 0 fully saturated rings. The highest BCUT2D eigenvalue weighted by molar-refractivity contribution is 6.53. The number of rotatable bonds is 8. The topological polar surface area (TPSA) is 48.0 Å². The van der Waals surface area contributed by atoms with E-state index in [2.05, 4.69) is 0 Å². The molecule has 7 heteroatoms. The number of hydrogen-bond acceptors (Lipinski definition) is 4. The second-order valence-electron chi connectivity index (χ2n) is 5.21. The van der Waals surface area contributed by atoms with Gasteiger partial charge in [-0.1, -0.05) is 23.2 Å². The first-order chi connectivity index (χ1) is 10.8. The molecule has 0 unspecified atom stereocenters. The first kappa shape index (κ1) is 19.7. The summed E-state index contributed by atoms with van der Waals surface area (Å²) in [6.07, 6.45) is 0.612. The third-order valence-electron chi connectivity index (χ3n) is 3.46. The molecule has 1 rings (SSSR count). The van der Waals surface area contributed by atoms with E-state index in [9.17, 15) is 4.79 Å². The number of alkyl halides is 2. The molecule has 5 nitrogen and oxygen atoms in total. The monoisotopic (exact) mass is 363 g/mol. The lowest BCUT2D eigenvalue weighted by atomic mass is 10.1. The summed E-state index contributed by atoms with van der Waals surface area (Å²) in [5, 5.41) is 0. The molecule has 0 aliphatic rings. The minimum absolute atomic E-state index is 0.00420. The van der Waals surface area contributed by atoms with Crippen molar-refractivity contribution >= 4 is 29.1 Å². The molecule has 0 heterocycles. The van der Waals surface area contributed by atoms with Gasteiger partial charge in [-0.3, -0.25) is 4.79 Å². The Labute approximate surface area is 147 Å². The molecule has 23 heavy (non-hydrogen) atoms. The number of halogens is 2. The van der Waals surface area contributed by atoms with E-state index in [1.807, 2.05) is 26.0 Å². The molecule has 0 aliphatic heterocycles. The minimum Gasteiger partial charge on any atom is -0.493 e. The predicted octanol–water partition coefficient (Wildman–Crippen LogP) is 3.30. The van der Waals surface area contributed by atoms with Gasteiger partial charge in [0.1, 0.15) is 0 Å². The van der Waals surface area contributed by atoms with Crippen molar-refractivity contribution < 1.29 is 19.0 Å². The number of carbonyl (C=O) groups excluding carboxylic acids is 1. The van der Waals surface area contributed by atoms with E-state index in [0.717, 1.165) is 5.56 Å². The average molecular weight is 364 g/mol. The van der Waals surface area contributed by atoms with E-state index < -0.39 is 4.84 Å². The van der Waals surface area contributed by atoms with Gasteiger partial charge in [0.15, 0.2) is 16.3 Å². The maximum absolute atomic E-state index is 12.0. The molecule has 1 aromatic carbocycles. The Morgan fingerprint density at radius 3 is 1.96 bits per heavy atom. The van der Waals surface area contributed by atoms with Crippen molar-refractivity contribution in [3.8, 4) is 17.2 Å². The van der Waals surface area contributed by atoms with Crippen molar-refractivity contribution in [3.05, 3.63) is 17.7 Å². The van der Waals surface area contributed by atoms with Crippen LogP contribution in [-0.4, -0.2) is 49.6 Å². The van der Waals surface area contributed by atoms with Crippen LogP contribution >= 0.6 is 23.2 Å². The number of benzene rings is 1. The van der Waals surface area contributed by atoms with E-state index in [-0.39, 0.29) is 11.9 Å². The van der Waals surface area contributed by atoms with Gasteiger partial charge < -0.3 is 19.1 Å². The van der Waals surface area contributed by atoms with Crippen molar-refractivity contribution in [2.75, 3.05) is 27.9 Å². The van der Waals surface area contributed by atoms with Gasteiger partial charge in [0.25, 0.3) is 5.91 Å². The predicted molar refractivity (Wildman–Crippen MR) is 92.1 cm³/mol. The Morgan fingerprint density at radius 1 is 1.09 bits per heavy atom. The molecule has 0 spiro atoms. The molecule has 130 valence electrons. The zero-order valence-corrected chi connectivity index (χ0v) is 15.6. The van der Waals surface area contributed by atoms with E-state index in [0.29, 0.717) is 30.2 Å². The van der Waals surface area contributed by atoms with Crippen molar-refractivity contribution in [2.45, 2.75) is 31.1 Å². The van der Waals surface area contributed by atoms with Crippen LogP contribution in [0.2, 0.25) is 0 Å². The first-order valence-corrected chi connectivity index (χ1v) is 8.10. The summed E-state index contributed by atoms with van der Waals surface area (Å²) >= 11 is 11.4. The number of methoxy groups -OCH3 is 3. The average Bonchev–Trinajstić information content (AvgIpc) is 2.53. The van der Waals surface area contributed by atoms with E-state index >= 15 is 0 Å². The van der Waals surface area contributed by atoms with Gasteiger partial charge in [0.2, 0.25) is 5.75 Å². The summed E-state index contributed by atoms with van der Waals surface area (Å²) in [6, 6.07) is 3.73. The summed E-state index contributed by atoms with van der Waals surface area (Å²) in [7, 11) is 4.69. The maximum Gasteiger partial charge on any atom is 0.256 e. The summed E-state index contributed by atoms with van der Waals surface area (Å²) in [6.45, 7) is 4.33. The zero-order valence-electron chi connectivity index (χ0n) is 14.1. The molecule has 0 saturated carbocycles. The molecule has 0 bridgehead atoms. The lowest BCUT2D eigenvalue weighted by Gasteiger charge is -2.27. The van der Waals surface area contributed by atoms with Gasteiger partial charge in [-0.05, 0) is 38.0 Å². The molecule has 0 aromatic heterocycles. The number of nitrogens with zero attached hydrogens (tertiary/aromatic N) is 1. The highest BCUT2D eigenvalue weighted by Gasteiger charge is 2.23. The Balaban J connectivity index is 2.97. The Kier molecular flexibility index (Phi) is 7.79.